The largest absolute Gasteiger partial charge is 0.379 e. The predicted molar refractivity (Wildman–Crippen MR) is 58.8 cm³/mol. The predicted octanol–water partition coefficient (Wildman–Crippen LogP) is 1.51. The van der Waals surface area contributed by atoms with Gasteiger partial charge in [0.1, 0.15) is 5.78 Å². The van der Waals surface area contributed by atoms with E-state index in [1.807, 2.05) is 0 Å². The molecule has 2 rings (SSSR count). The summed E-state index contributed by atoms with van der Waals surface area (Å²) in [5.74, 6) is 0.806. The van der Waals surface area contributed by atoms with Crippen LogP contribution in [0.2, 0.25) is 0 Å². The van der Waals surface area contributed by atoms with E-state index < -0.39 is 0 Å². The molecule has 2 fully saturated rings. The third-order valence-corrected chi connectivity index (χ3v) is 3.51. The number of ether oxygens (including phenoxy) is 1. The van der Waals surface area contributed by atoms with E-state index >= 15 is 0 Å². The van der Waals surface area contributed by atoms with Crippen molar-refractivity contribution in [2.75, 3.05) is 19.8 Å². The smallest absolute Gasteiger partial charge is 0.137 e. The molecule has 1 N–H and O–H groups in total. The first kappa shape index (κ1) is 11.1. The Hall–Kier alpha value is -0.410. The maximum Gasteiger partial charge on any atom is 0.137 e. The fourth-order valence-electron chi connectivity index (χ4n) is 2.58. The molecular weight excluding hydrogens is 190 g/mol. The minimum atomic E-state index is 0.271. The molecule has 1 saturated heterocycles. The van der Waals surface area contributed by atoms with E-state index in [0.29, 0.717) is 24.7 Å². The molecule has 0 radical (unpaired) electrons. The van der Waals surface area contributed by atoms with Gasteiger partial charge in [-0.05, 0) is 12.8 Å². The van der Waals surface area contributed by atoms with Crippen LogP contribution in [0.3, 0.4) is 0 Å². The molecule has 1 heterocycles. The third kappa shape index (κ3) is 3.28. The number of hydrogen-bond acceptors (Lipinski definition) is 3. The van der Waals surface area contributed by atoms with Crippen LogP contribution in [0.5, 0.6) is 0 Å². The van der Waals surface area contributed by atoms with Crippen molar-refractivity contribution in [1.29, 1.82) is 0 Å². The molecule has 0 aromatic rings. The van der Waals surface area contributed by atoms with Crippen LogP contribution in [0.15, 0.2) is 0 Å². The lowest BCUT2D eigenvalue weighted by Gasteiger charge is -2.26. The van der Waals surface area contributed by atoms with Gasteiger partial charge in [-0.15, -0.1) is 0 Å². The van der Waals surface area contributed by atoms with Crippen LogP contribution >= 0.6 is 0 Å². The average Bonchev–Trinajstić information content (AvgIpc) is 2.31. The SMILES string of the molecule is O=C(CC1COCCN1)C1CCCCC1. The standard InChI is InChI=1S/C12H21NO2/c14-12(10-4-2-1-3-5-10)8-11-9-15-7-6-13-11/h10-11,13H,1-9H2. The second-order valence-corrected chi connectivity index (χ2v) is 4.73. The number of Topliss-reactive ketones (excluding diaryl/α,β-unsaturated/α-hetero) is 1. The van der Waals surface area contributed by atoms with E-state index in [0.717, 1.165) is 26.0 Å². The number of morpholine rings is 1. The zero-order chi connectivity index (χ0) is 10.5. The molecule has 1 saturated carbocycles. The second kappa shape index (κ2) is 5.61. The Labute approximate surface area is 91.6 Å². The molecular formula is C12H21NO2. The lowest BCUT2D eigenvalue weighted by atomic mass is 9.84. The summed E-state index contributed by atoms with van der Waals surface area (Å²) < 4.78 is 5.36. The van der Waals surface area contributed by atoms with Crippen LogP contribution in [-0.4, -0.2) is 31.6 Å². The van der Waals surface area contributed by atoms with Crippen molar-refractivity contribution in [2.45, 2.75) is 44.6 Å². The van der Waals surface area contributed by atoms with Gasteiger partial charge in [0.25, 0.3) is 0 Å². The van der Waals surface area contributed by atoms with Gasteiger partial charge in [0, 0.05) is 24.9 Å². The summed E-state index contributed by atoms with van der Waals surface area (Å²) in [7, 11) is 0. The molecule has 1 aliphatic heterocycles. The van der Waals surface area contributed by atoms with Gasteiger partial charge in [-0.3, -0.25) is 4.79 Å². The van der Waals surface area contributed by atoms with Crippen LogP contribution in [0, 0.1) is 5.92 Å². The van der Waals surface area contributed by atoms with Crippen LogP contribution in [0.25, 0.3) is 0 Å². The third-order valence-electron chi connectivity index (χ3n) is 3.51. The number of ketones is 1. The van der Waals surface area contributed by atoms with Gasteiger partial charge < -0.3 is 10.1 Å². The fraction of sp³-hybridized carbons (Fsp3) is 0.917. The van der Waals surface area contributed by atoms with Gasteiger partial charge in [0.2, 0.25) is 0 Å². The topological polar surface area (TPSA) is 38.3 Å². The van der Waals surface area contributed by atoms with Crippen molar-refractivity contribution in [3.05, 3.63) is 0 Å². The van der Waals surface area contributed by atoms with Crippen molar-refractivity contribution in [2.24, 2.45) is 5.92 Å². The first-order valence-corrected chi connectivity index (χ1v) is 6.20. The van der Waals surface area contributed by atoms with Gasteiger partial charge in [0.15, 0.2) is 0 Å². The van der Waals surface area contributed by atoms with E-state index in [1.165, 1.54) is 19.3 Å². The van der Waals surface area contributed by atoms with Crippen molar-refractivity contribution < 1.29 is 9.53 Å². The van der Waals surface area contributed by atoms with Crippen LogP contribution < -0.4 is 5.32 Å². The maximum absolute atomic E-state index is 12.0. The summed E-state index contributed by atoms with van der Waals surface area (Å²) in [4.78, 5) is 12.0. The Balaban J connectivity index is 1.74. The maximum atomic E-state index is 12.0. The summed E-state index contributed by atoms with van der Waals surface area (Å²) in [6, 6.07) is 0.271. The lowest BCUT2D eigenvalue weighted by Crippen LogP contribution is -2.43. The normalized spacial score (nSPS) is 28.9. The molecule has 3 nitrogen and oxygen atoms in total. The molecule has 15 heavy (non-hydrogen) atoms. The number of hydrogen-bond donors (Lipinski definition) is 1. The molecule has 0 spiro atoms. The first-order chi connectivity index (χ1) is 7.36. The Morgan fingerprint density at radius 2 is 2.07 bits per heavy atom. The average molecular weight is 211 g/mol. The number of nitrogens with one attached hydrogen (secondary N) is 1. The van der Waals surface area contributed by atoms with Gasteiger partial charge in [-0.2, -0.15) is 0 Å². The van der Waals surface area contributed by atoms with Gasteiger partial charge >= 0.3 is 0 Å². The van der Waals surface area contributed by atoms with Gasteiger partial charge in [-0.25, -0.2) is 0 Å². The van der Waals surface area contributed by atoms with E-state index in [2.05, 4.69) is 5.32 Å². The molecule has 86 valence electrons. The molecule has 1 aliphatic carbocycles. The molecule has 1 atom stereocenters. The highest BCUT2D eigenvalue weighted by molar-refractivity contribution is 5.81. The highest BCUT2D eigenvalue weighted by atomic mass is 16.5. The molecule has 0 aromatic heterocycles. The van der Waals surface area contributed by atoms with Crippen molar-refractivity contribution >= 4 is 5.78 Å². The van der Waals surface area contributed by atoms with Crippen LogP contribution in [0.4, 0.5) is 0 Å². The molecule has 3 heteroatoms. The fourth-order valence-corrected chi connectivity index (χ4v) is 2.58. The molecule has 0 amide bonds. The number of rotatable bonds is 3. The minimum Gasteiger partial charge on any atom is -0.379 e. The summed E-state index contributed by atoms with van der Waals surface area (Å²) in [6.45, 7) is 2.38. The highest BCUT2D eigenvalue weighted by Gasteiger charge is 2.24. The second-order valence-electron chi connectivity index (χ2n) is 4.73. The highest BCUT2D eigenvalue weighted by Crippen LogP contribution is 2.25. The monoisotopic (exact) mass is 211 g/mol. The van der Waals surface area contributed by atoms with Crippen molar-refractivity contribution in [3.63, 3.8) is 0 Å². The molecule has 1 unspecified atom stereocenters. The molecule has 0 bridgehead atoms. The zero-order valence-corrected chi connectivity index (χ0v) is 9.34. The summed E-state index contributed by atoms with van der Waals surface area (Å²) >= 11 is 0. The van der Waals surface area contributed by atoms with E-state index in [9.17, 15) is 4.79 Å². The first-order valence-electron chi connectivity index (χ1n) is 6.20. The zero-order valence-electron chi connectivity index (χ0n) is 9.34. The Kier molecular flexibility index (Phi) is 4.15. The van der Waals surface area contributed by atoms with Gasteiger partial charge in [-0.1, -0.05) is 19.3 Å². The number of carbonyl (C=O) groups is 1. The Bertz CT molecular complexity index is 206. The summed E-state index contributed by atoms with van der Waals surface area (Å²) in [5.41, 5.74) is 0. The lowest BCUT2D eigenvalue weighted by molar-refractivity contribution is -0.125. The minimum absolute atomic E-state index is 0.271. The van der Waals surface area contributed by atoms with E-state index in [-0.39, 0.29) is 6.04 Å². The quantitative estimate of drug-likeness (QED) is 0.769. The molecule has 2 aliphatic rings. The summed E-state index contributed by atoms with van der Waals surface area (Å²) in [6.07, 6.45) is 6.70. The summed E-state index contributed by atoms with van der Waals surface area (Å²) in [5, 5.41) is 3.34. The van der Waals surface area contributed by atoms with Crippen LogP contribution in [0.1, 0.15) is 38.5 Å². The Morgan fingerprint density at radius 1 is 1.27 bits per heavy atom. The van der Waals surface area contributed by atoms with Crippen LogP contribution in [-0.2, 0) is 9.53 Å². The van der Waals surface area contributed by atoms with Gasteiger partial charge in [0.05, 0.1) is 13.2 Å². The Morgan fingerprint density at radius 3 is 2.73 bits per heavy atom. The van der Waals surface area contributed by atoms with E-state index in [1.54, 1.807) is 0 Å². The van der Waals surface area contributed by atoms with E-state index in [4.69, 9.17) is 4.74 Å². The van der Waals surface area contributed by atoms with Crippen molar-refractivity contribution in [3.8, 4) is 0 Å². The molecule has 0 aromatic carbocycles. The number of carbonyl (C=O) groups excluding carboxylic acids is 1. The van der Waals surface area contributed by atoms with Crippen molar-refractivity contribution in [1.82, 2.24) is 5.32 Å².